The predicted molar refractivity (Wildman–Crippen MR) is 87.0 cm³/mol. The summed E-state index contributed by atoms with van der Waals surface area (Å²) < 4.78 is -0.758. The van der Waals surface area contributed by atoms with Crippen LogP contribution in [0.2, 0.25) is 0 Å². The number of aliphatic hydroxyl groups is 1. The molecule has 0 saturated carbocycles. The molecule has 0 aliphatic rings. The summed E-state index contributed by atoms with van der Waals surface area (Å²) in [5.41, 5.74) is 0.219. The van der Waals surface area contributed by atoms with Crippen molar-refractivity contribution in [2.75, 3.05) is 0 Å². The Hall–Kier alpha value is -1.55. The average Bonchev–Trinajstić information content (AvgIpc) is 2.46. The van der Waals surface area contributed by atoms with Gasteiger partial charge in [0.05, 0.1) is 15.0 Å². The van der Waals surface area contributed by atoms with Crippen molar-refractivity contribution in [3.05, 3.63) is 39.9 Å². The van der Waals surface area contributed by atoms with Crippen LogP contribution in [0.4, 0.5) is 5.69 Å². The Morgan fingerprint density at radius 3 is 2.55 bits per heavy atom. The fourth-order valence-electron chi connectivity index (χ4n) is 1.99. The molecule has 0 heterocycles. The van der Waals surface area contributed by atoms with Gasteiger partial charge in [0.25, 0.3) is 5.69 Å². The lowest BCUT2D eigenvalue weighted by atomic mass is 9.92. The quantitative estimate of drug-likeness (QED) is 0.218. The molecular weight excluding hydrogens is 405 g/mol. The van der Waals surface area contributed by atoms with Crippen LogP contribution >= 0.6 is 22.6 Å². The van der Waals surface area contributed by atoms with Gasteiger partial charge in [-0.25, -0.2) is 0 Å². The van der Waals surface area contributed by atoms with Gasteiger partial charge < -0.3 is 10.2 Å². The van der Waals surface area contributed by atoms with E-state index in [4.69, 9.17) is 0 Å². The number of aliphatic hydroxyl groups excluding tert-OH is 1. The Bertz CT molecular complexity index is 576. The van der Waals surface area contributed by atoms with Gasteiger partial charge in [0, 0.05) is 18.6 Å². The molecular formula is C14H16INO6. The number of carbonyl (C=O) groups excluding carboxylic acids is 1. The van der Waals surface area contributed by atoms with E-state index in [-0.39, 0.29) is 12.1 Å². The molecule has 2 N–H and O–H groups in total. The molecule has 0 bridgehead atoms. The minimum atomic E-state index is -1.35. The van der Waals surface area contributed by atoms with E-state index in [2.05, 4.69) is 0 Å². The van der Waals surface area contributed by atoms with E-state index in [9.17, 15) is 29.9 Å². The molecule has 0 aliphatic carbocycles. The number of rotatable bonds is 8. The first-order valence-electron chi connectivity index (χ1n) is 6.58. The van der Waals surface area contributed by atoms with E-state index in [0.717, 1.165) is 0 Å². The minimum absolute atomic E-state index is 0.156. The number of non-ortho nitro benzene ring substituents is 1. The van der Waals surface area contributed by atoms with Gasteiger partial charge in [-0.3, -0.25) is 19.7 Å². The van der Waals surface area contributed by atoms with Gasteiger partial charge in [-0.1, -0.05) is 41.6 Å². The number of hydrogen-bond acceptors (Lipinski definition) is 5. The van der Waals surface area contributed by atoms with Crippen molar-refractivity contribution in [3.8, 4) is 0 Å². The minimum Gasteiger partial charge on any atom is -0.481 e. The molecule has 0 saturated heterocycles. The van der Waals surface area contributed by atoms with E-state index in [1.807, 2.05) is 0 Å². The van der Waals surface area contributed by atoms with Crippen LogP contribution in [0.25, 0.3) is 0 Å². The summed E-state index contributed by atoms with van der Waals surface area (Å²) in [6.07, 6.45) is -0.800. The Kier molecular flexibility index (Phi) is 6.88. The molecule has 3 atom stereocenters. The second kappa shape index (κ2) is 8.18. The molecule has 8 heteroatoms. The summed E-state index contributed by atoms with van der Waals surface area (Å²) >= 11 is 1.76. The number of aliphatic carboxylic acids is 1. The number of benzene rings is 1. The molecule has 7 nitrogen and oxygen atoms in total. The monoisotopic (exact) mass is 421 g/mol. The normalized spacial score (nSPS) is 14.9. The van der Waals surface area contributed by atoms with Gasteiger partial charge in [0.15, 0.2) is 5.78 Å². The molecule has 0 radical (unpaired) electrons. The van der Waals surface area contributed by atoms with E-state index in [1.165, 1.54) is 24.3 Å². The highest BCUT2D eigenvalue weighted by Crippen LogP contribution is 2.23. The zero-order chi connectivity index (χ0) is 16.9. The summed E-state index contributed by atoms with van der Waals surface area (Å²) in [7, 11) is 0. The Morgan fingerprint density at radius 1 is 1.41 bits per heavy atom. The summed E-state index contributed by atoms with van der Waals surface area (Å²) in [4.78, 5) is 33.7. The molecule has 0 spiro atoms. The zero-order valence-corrected chi connectivity index (χ0v) is 14.0. The van der Waals surface area contributed by atoms with Crippen LogP contribution in [0.5, 0.6) is 0 Å². The van der Waals surface area contributed by atoms with Crippen molar-refractivity contribution in [1.29, 1.82) is 0 Å². The highest BCUT2D eigenvalue weighted by Gasteiger charge is 2.36. The number of carbonyl (C=O) groups is 2. The van der Waals surface area contributed by atoms with Gasteiger partial charge >= 0.3 is 5.97 Å². The molecule has 1 rings (SSSR count). The third-order valence-electron chi connectivity index (χ3n) is 3.22. The van der Waals surface area contributed by atoms with E-state index in [1.54, 1.807) is 29.5 Å². The summed E-state index contributed by atoms with van der Waals surface area (Å²) in [6, 6.07) is 5.51. The van der Waals surface area contributed by atoms with Crippen LogP contribution in [0, 0.1) is 16.0 Å². The number of ketones is 1. The number of nitrogens with zero attached hydrogens (tertiary/aromatic N) is 1. The maximum Gasteiger partial charge on any atom is 0.315 e. The number of hydrogen-bond donors (Lipinski definition) is 2. The van der Waals surface area contributed by atoms with Crippen molar-refractivity contribution in [1.82, 2.24) is 0 Å². The smallest absolute Gasteiger partial charge is 0.315 e. The topological polar surface area (TPSA) is 118 Å². The van der Waals surface area contributed by atoms with E-state index < -0.39 is 32.6 Å². The molecule has 0 amide bonds. The van der Waals surface area contributed by atoms with Gasteiger partial charge in [0.1, 0.15) is 5.92 Å². The number of nitro groups is 1. The van der Waals surface area contributed by atoms with Gasteiger partial charge in [-0.05, 0) is 12.0 Å². The fourth-order valence-corrected chi connectivity index (χ4v) is 3.21. The summed E-state index contributed by atoms with van der Waals surface area (Å²) in [5.74, 6) is -3.24. The van der Waals surface area contributed by atoms with Gasteiger partial charge in [0.2, 0.25) is 0 Å². The van der Waals surface area contributed by atoms with Crippen LogP contribution < -0.4 is 0 Å². The first-order valence-corrected chi connectivity index (χ1v) is 7.83. The van der Waals surface area contributed by atoms with Crippen LogP contribution in [-0.2, 0) is 16.0 Å². The third-order valence-corrected chi connectivity index (χ3v) is 4.77. The molecule has 3 unspecified atom stereocenters. The molecule has 0 aromatic heterocycles. The van der Waals surface area contributed by atoms with Crippen LogP contribution in [0.15, 0.2) is 24.3 Å². The molecule has 1 aromatic carbocycles. The van der Waals surface area contributed by atoms with Crippen molar-refractivity contribution >= 4 is 40.0 Å². The standard InChI is InChI=1S/C14H16INO6/c1-2-10(17)13(15)12(14(19)20)11(18)7-8-4-3-5-9(6-8)16(21)22/h3-6,10,12-13,17H,2,7H2,1H3,(H,19,20). The number of nitro benzene ring substituents is 1. The van der Waals surface area contributed by atoms with Crippen LogP contribution in [-0.4, -0.2) is 36.9 Å². The molecule has 0 fully saturated rings. The van der Waals surface area contributed by atoms with Gasteiger partial charge in [-0.15, -0.1) is 0 Å². The van der Waals surface area contributed by atoms with Crippen LogP contribution in [0.1, 0.15) is 18.9 Å². The number of halogens is 1. The Labute approximate surface area is 140 Å². The summed E-state index contributed by atoms with van der Waals surface area (Å²) in [5, 5.41) is 29.7. The Morgan fingerprint density at radius 2 is 2.05 bits per heavy atom. The van der Waals surface area contributed by atoms with Crippen molar-refractivity contribution < 1.29 is 24.7 Å². The van der Waals surface area contributed by atoms with Crippen LogP contribution in [0.3, 0.4) is 0 Å². The largest absolute Gasteiger partial charge is 0.481 e. The predicted octanol–water partition coefficient (Wildman–Crippen LogP) is 1.98. The van der Waals surface area contributed by atoms with Crippen molar-refractivity contribution in [3.63, 3.8) is 0 Å². The average molecular weight is 421 g/mol. The Balaban J connectivity index is 2.95. The zero-order valence-electron chi connectivity index (χ0n) is 11.8. The number of Topliss-reactive ketones (excluding diaryl/α,β-unsaturated/α-hetero) is 1. The third kappa shape index (κ3) is 4.73. The first-order chi connectivity index (χ1) is 10.3. The number of carboxylic acids is 1. The highest BCUT2D eigenvalue weighted by atomic mass is 127. The first kappa shape index (κ1) is 18.5. The van der Waals surface area contributed by atoms with E-state index >= 15 is 0 Å². The van der Waals surface area contributed by atoms with Gasteiger partial charge in [-0.2, -0.15) is 0 Å². The number of alkyl halides is 1. The fraction of sp³-hybridized carbons (Fsp3) is 0.429. The summed E-state index contributed by atoms with van der Waals surface area (Å²) in [6.45, 7) is 1.69. The molecule has 22 heavy (non-hydrogen) atoms. The second-order valence-corrected chi connectivity index (χ2v) is 6.24. The van der Waals surface area contributed by atoms with Crippen molar-refractivity contribution in [2.24, 2.45) is 5.92 Å². The highest BCUT2D eigenvalue weighted by molar-refractivity contribution is 14.1. The lowest BCUT2D eigenvalue weighted by molar-refractivity contribution is -0.384. The molecule has 120 valence electrons. The lowest BCUT2D eigenvalue weighted by Gasteiger charge is -2.21. The van der Waals surface area contributed by atoms with Crippen molar-refractivity contribution in [2.45, 2.75) is 29.8 Å². The number of carboxylic acid groups (broad SMARTS) is 1. The SMILES string of the molecule is CCC(O)C(I)C(C(=O)O)C(=O)Cc1cccc([N+](=O)[O-])c1. The van der Waals surface area contributed by atoms with E-state index in [0.29, 0.717) is 12.0 Å². The molecule has 0 aliphatic heterocycles. The maximum atomic E-state index is 12.2. The lowest BCUT2D eigenvalue weighted by Crippen LogP contribution is -2.39. The molecule has 1 aromatic rings. The maximum absolute atomic E-state index is 12.2. The second-order valence-electron chi connectivity index (χ2n) is 4.81.